The molecule has 1 heterocycles. The molecule has 1 aliphatic heterocycles. The fourth-order valence-corrected chi connectivity index (χ4v) is 1.36. The first-order chi connectivity index (χ1) is 6.33. The maximum atomic E-state index is 8.80. The number of fused-ring (bicyclic) bond motifs is 1. The second kappa shape index (κ2) is 2.98. The SMILES string of the molecule is Cc1ccc(C#N)c2c1OCCO2. The Hall–Kier alpha value is -1.69. The van der Waals surface area contributed by atoms with Gasteiger partial charge in [-0.25, -0.2) is 0 Å². The van der Waals surface area contributed by atoms with Crippen molar-refractivity contribution in [3.05, 3.63) is 23.3 Å². The van der Waals surface area contributed by atoms with Gasteiger partial charge in [0.2, 0.25) is 0 Å². The summed E-state index contributed by atoms with van der Waals surface area (Å²) >= 11 is 0. The van der Waals surface area contributed by atoms with Crippen LogP contribution in [0.15, 0.2) is 12.1 Å². The van der Waals surface area contributed by atoms with Gasteiger partial charge < -0.3 is 9.47 Å². The van der Waals surface area contributed by atoms with E-state index in [9.17, 15) is 0 Å². The standard InChI is InChI=1S/C10H9NO2/c1-7-2-3-8(6-11)10-9(7)12-4-5-13-10/h2-3H,4-5H2,1H3. The highest BCUT2D eigenvalue weighted by molar-refractivity contribution is 5.56. The fourth-order valence-electron chi connectivity index (χ4n) is 1.36. The molecule has 0 unspecified atom stereocenters. The summed E-state index contributed by atoms with van der Waals surface area (Å²) < 4.78 is 10.8. The Morgan fingerprint density at radius 2 is 1.92 bits per heavy atom. The molecule has 13 heavy (non-hydrogen) atoms. The Balaban J connectivity index is 2.61. The van der Waals surface area contributed by atoms with Crippen molar-refractivity contribution in [1.82, 2.24) is 0 Å². The largest absolute Gasteiger partial charge is 0.486 e. The maximum Gasteiger partial charge on any atom is 0.179 e. The summed E-state index contributed by atoms with van der Waals surface area (Å²) in [5.74, 6) is 1.30. The van der Waals surface area contributed by atoms with E-state index in [0.717, 1.165) is 5.56 Å². The zero-order valence-electron chi connectivity index (χ0n) is 7.33. The minimum Gasteiger partial charge on any atom is -0.486 e. The van der Waals surface area contributed by atoms with Gasteiger partial charge in [0.05, 0.1) is 5.56 Å². The molecule has 0 N–H and O–H groups in total. The fraction of sp³-hybridized carbons (Fsp3) is 0.300. The molecule has 66 valence electrons. The van der Waals surface area contributed by atoms with Gasteiger partial charge in [-0.3, -0.25) is 0 Å². The summed E-state index contributed by atoms with van der Waals surface area (Å²) in [6.07, 6.45) is 0. The van der Waals surface area contributed by atoms with Crippen molar-refractivity contribution in [2.75, 3.05) is 13.2 Å². The number of nitriles is 1. The van der Waals surface area contributed by atoms with Crippen LogP contribution in [-0.4, -0.2) is 13.2 Å². The topological polar surface area (TPSA) is 42.2 Å². The zero-order valence-corrected chi connectivity index (χ0v) is 7.33. The third kappa shape index (κ3) is 1.20. The third-order valence-electron chi connectivity index (χ3n) is 2.01. The van der Waals surface area contributed by atoms with Gasteiger partial charge in [-0.1, -0.05) is 6.07 Å². The number of benzene rings is 1. The lowest BCUT2D eigenvalue weighted by Gasteiger charge is -2.20. The minimum absolute atomic E-state index is 0.519. The molecule has 2 rings (SSSR count). The molecule has 1 aromatic carbocycles. The van der Waals surface area contributed by atoms with Crippen molar-refractivity contribution in [3.63, 3.8) is 0 Å². The first kappa shape index (κ1) is 7.93. The lowest BCUT2D eigenvalue weighted by molar-refractivity contribution is 0.170. The molecule has 0 saturated heterocycles. The highest BCUT2D eigenvalue weighted by Gasteiger charge is 2.17. The average Bonchev–Trinajstić information content (AvgIpc) is 2.19. The van der Waals surface area contributed by atoms with Crippen LogP contribution in [0.1, 0.15) is 11.1 Å². The normalized spacial score (nSPS) is 13.5. The molecule has 1 aromatic rings. The molecular weight excluding hydrogens is 166 g/mol. The van der Waals surface area contributed by atoms with Crippen molar-refractivity contribution >= 4 is 0 Å². The van der Waals surface area contributed by atoms with Crippen molar-refractivity contribution in [1.29, 1.82) is 5.26 Å². The van der Waals surface area contributed by atoms with E-state index >= 15 is 0 Å². The van der Waals surface area contributed by atoms with Gasteiger partial charge in [-0.05, 0) is 18.6 Å². The Morgan fingerprint density at radius 1 is 1.23 bits per heavy atom. The van der Waals surface area contributed by atoms with Gasteiger partial charge in [0.1, 0.15) is 19.3 Å². The summed E-state index contributed by atoms with van der Waals surface area (Å²) in [6, 6.07) is 5.70. The Bertz CT molecular complexity index is 379. The summed E-state index contributed by atoms with van der Waals surface area (Å²) in [5, 5.41) is 8.80. The van der Waals surface area contributed by atoms with Crippen LogP contribution in [0.25, 0.3) is 0 Å². The van der Waals surface area contributed by atoms with Crippen LogP contribution < -0.4 is 9.47 Å². The van der Waals surface area contributed by atoms with Crippen LogP contribution in [0, 0.1) is 18.3 Å². The van der Waals surface area contributed by atoms with Crippen molar-refractivity contribution in [2.24, 2.45) is 0 Å². The molecule has 0 amide bonds. The van der Waals surface area contributed by atoms with Crippen LogP contribution in [0.4, 0.5) is 0 Å². The predicted octanol–water partition coefficient (Wildman–Crippen LogP) is 1.64. The first-order valence-electron chi connectivity index (χ1n) is 4.12. The van der Waals surface area contributed by atoms with Crippen LogP contribution in [0.3, 0.4) is 0 Å². The zero-order chi connectivity index (χ0) is 9.26. The Morgan fingerprint density at radius 3 is 2.62 bits per heavy atom. The van der Waals surface area contributed by atoms with Gasteiger partial charge in [-0.2, -0.15) is 5.26 Å². The number of nitrogens with zero attached hydrogens (tertiary/aromatic N) is 1. The average molecular weight is 175 g/mol. The van der Waals surface area contributed by atoms with E-state index < -0.39 is 0 Å². The lowest BCUT2D eigenvalue weighted by Crippen LogP contribution is -2.16. The molecule has 0 atom stereocenters. The molecule has 3 heteroatoms. The Labute approximate surface area is 76.5 Å². The van der Waals surface area contributed by atoms with E-state index in [1.807, 2.05) is 13.0 Å². The van der Waals surface area contributed by atoms with Crippen LogP contribution in [0.5, 0.6) is 11.5 Å². The first-order valence-corrected chi connectivity index (χ1v) is 4.12. The van der Waals surface area contributed by atoms with E-state index in [4.69, 9.17) is 14.7 Å². The maximum absolute atomic E-state index is 8.80. The molecule has 0 fully saturated rings. The molecular formula is C10H9NO2. The number of ether oxygens (including phenoxy) is 2. The van der Waals surface area contributed by atoms with Crippen LogP contribution in [-0.2, 0) is 0 Å². The molecule has 0 aromatic heterocycles. The molecule has 0 bridgehead atoms. The van der Waals surface area contributed by atoms with E-state index in [1.165, 1.54) is 0 Å². The lowest BCUT2D eigenvalue weighted by atomic mass is 10.1. The second-order valence-electron chi connectivity index (χ2n) is 2.90. The van der Waals surface area contributed by atoms with Crippen molar-refractivity contribution < 1.29 is 9.47 Å². The summed E-state index contributed by atoms with van der Waals surface area (Å²) in [6.45, 7) is 3.02. The van der Waals surface area contributed by atoms with Crippen molar-refractivity contribution in [2.45, 2.75) is 6.92 Å². The van der Waals surface area contributed by atoms with Crippen LogP contribution in [0.2, 0.25) is 0 Å². The summed E-state index contributed by atoms with van der Waals surface area (Å²) in [5.41, 5.74) is 1.55. The van der Waals surface area contributed by atoms with Gasteiger partial charge in [0.25, 0.3) is 0 Å². The molecule has 3 nitrogen and oxygen atoms in total. The van der Waals surface area contributed by atoms with E-state index in [0.29, 0.717) is 30.3 Å². The molecule has 0 saturated carbocycles. The summed E-state index contributed by atoms with van der Waals surface area (Å²) in [4.78, 5) is 0. The highest BCUT2D eigenvalue weighted by Crippen LogP contribution is 2.36. The van der Waals surface area contributed by atoms with Gasteiger partial charge in [0, 0.05) is 0 Å². The Kier molecular flexibility index (Phi) is 1.82. The van der Waals surface area contributed by atoms with E-state index in [2.05, 4.69) is 6.07 Å². The predicted molar refractivity (Wildman–Crippen MR) is 46.9 cm³/mol. The van der Waals surface area contributed by atoms with Gasteiger partial charge in [-0.15, -0.1) is 0 Å². The molecule has 1 aliphatic rings. The monoisotopic (exact) mass is 175 g/mol. The smallest absolute Gasteiger partial charge is 0.179 e. The van der Waals surface area contributed by atoms with Crippen molar-refractivity contribution in [3.8, 4) is 17.6 Å². The second-order valence-corrected chi connectivity index (χ2v) is 2.90. The molecule has 0 spiro atoms. The van der Waals surface area contributed by atoms with Crippen LogP contribution >= 0.6 is 0 Å². The number of hydrogen-bond donors (Lipinski definition) is 0. The van der Waals surface area contributed by atoms with E-state index in [1.54, 1.807) is 6.07 Å². The number of hydrogen-bond acceptors (Lipinski definition) is 3. The quantitative estimate of drug-likeness (QED) is 0.602. The number of aryl methyl sites for hydroxylation is 1. The highest BCUT2D eigenvalue weighted by atomic mass is 16.6. The molecule has 0 aliphatic carbocycles. The van der Waals surface area contributed by atoms with Gasteiger partial charge in [0.15, 0.2) is 11.5 Å². The molecule has 0 radical (unpaired) electrons. The number of rotatable bonds is 0. The summed E-state index contributed by atoms with van der Waals surface area (Å²) in [7, 11) is 0. The third-order valence-corrected chi connectivity index (χ3v) is 2.01. The van der Waals surface area contributed by atoms with Gasteiger partial charge >= 0.3 is 0 Å². The minimum atomic E-state index is 0.519. The van der Waals surface area contributed by atoms with E-state index in [-0.39, 0.29) is 0 Å².